The van der Waals surface area contributed by atoms with Crippen LogP contribution in [0.1, 0.15) is 19.8 Å². The molecule has 52 valence electrons. The molecule has 0 aromatic carbocycles. The molecular weight excluding hydrogens is 114 g/mol. The molecule has 9 heavy (non-hydrogen) atoms. The van der Waals surface area contributed by atoms with E-state index in [0.29, 0.717) is 5.91 Å². The molecule has 1 heterocycles. The molecule has 1 aliphatic heterocycles. The zero-order valence-electron chi connectivity index (χ0n) is 6.05. The number of carbonyl (C=O) groups is 1. The molecule has 0 N–H and O–H groups in total. The van der Waals surface area contributed by atoms with Gasteiger partial charge < -0.3 is 4.90 Å². The number of hydrogen-bond acceptors (Lipinski definition) is 1. The summed E-state index contributed by atoms with van der Waals surface area (Å²) in [5.74, 6) is 0.574. The lowest BCUT2D eigenvalue weighted by atomic mass is 10.0. The number of likely N-dealkylation sites (tertiary alicyclic amines) is 1. The summed E-state index contributed by atoms with van der Waals surface area (Å²) >= 11 is 0. The van der Waals surface area contributed by atoms with E-state index in [9.17, 15) is 4.79 Å². The molecule has 0 bridgehead atoms. The van der Waals surface area contributed by atoms with Crippen LogP contribution in [-0.4, -0.2) is 24.4 Å². The van der Waals surface area contributed by atoms with Crippen LogP contribution in [0, 0.1) is 5.92 Å². The predicted molar refractivity (Wildman–Crippen MR) is 36.0 cm³/mol. The van der Waals surface area contributed by atoms with Crippen molar-refractivity contribution in [3.05, 3.63) is 0 Å². The summed E-state index contributed by atoms with van der Waals surface area (Å²) in [7, 11) is 1.87. The lowest BCUT2D eigenvalue weighted by molar-refractivity contribution is -0.136. The highest BCUT2D eigenvalue weighted by atomic mass is 16.2. The fourth-order valence-electron chi connectivity index (χ4n) is 1.24. The van der Waals surface area contributed by atoms with Crippen molar-refractivity contribution >= 4 is 5.91 Å². The SMILES string of the molecule is C[C@H]1CCCN(C)C1=O. The number of rotatable bonds is 0. The maximum absolute atomic E-state index is 11.1. The molecule has 1 amide bonds. The molecule has 0 aromatic rings. The zero-order valence-corrected chi connectivity index (χ0v) is 6.05. The molecule has 1 saturated heterocycles. The molecule has 0 spiro atoms. The van der Waals surface area contributed by atoms with Gasteiger partial charge in [0.2, 0.25) is 5.91 Å². The summed E-state index contributed by atoms with van der Waals surface area (Å²) in [5.41, 5.74) is 0. The molecule has 1 aliphatic rings. The molecule has 0 unspecified atom stereocenters. The van der Waals surface area contributed by atoms with Crippen molar-refractivity contribution in [3.8, 4) is 0 Å². The van der Waals surface area contributed by atoms with E-state index in [0.717, 1.165) is 13.0 Å². The minimum atomic E-state index is 0.267. The van der Waals surface area contributed by atoms with Crippen molar-refractivity contribution in [2.75, 3.05) is 13.6 Å². The smallest absolute Gasteiger partial charge is 0.225 e. The zero-order chi connectivity index (χ0) is 6.85. The van der Waals surface area contributed by atoms with Gasteiger partial charge in [-0.15, -0.1) is 0 Å². The first-order valence-corrected chi connectivity index (χ1v) is 3.47. The first kappa shape index (κ1) is 6.59. The second kappa shape index (κ2) is 2.38. The lowest BCUT2D eigenvalue weighted by Crippen LogP contribution is -2.36. The third kappa shape index (κ3) is 1.23. The Morgan fingerprint density at radius 3 is 2.78 bits per heavy atom. The van der Waals surface area contributed by atoms with Crippen LogP contribution in [-0.2, 0) is 4.79 Å². The van der Waals surface area contributed by atoms with Gasteiger partial charge in [-0.2, -0.15) is 0 Å². The average Bonchev–Trinajstić information content (AvgIpc) is 1.83. The largest absolute Gasteiger partial charge is 0.346 e. The van der Waals surface area contributed by atoms with E-state index >= 15 is 0 Å². The molecule has 2 heteroatoms. The monoisotopic (exact) mass is 127 g/mol. The lowest BCUT2D eigenvalue weighted by Gasteiger charge is -2.26. The Bertz CT molecular complexity index is 110. The number of hydrogen-bond donors (Lipinski definition) is 0. The Labute approximate surface area is 55.8 Å². The molecular formula is C7H13NO. The highest BCUT2D eigenvalue weighted by Gasteiger charge is 2.21. The Morgan fingerprint density at radius 2 is 2.33 bits per heavy atom. The maximum Gasteiger partial charge on any atom is 0.225 e. The Morgan fingerprint density at radius 1 is 1.67 bits per heavy atom. The van der Waals surface area contributed by atoms with Crippen LogP contribution < -0.4 is 0 Å². The van der Waals surface area contributed by atoms with Crippen LogP contribution in [0.5, 0.6) is 0 Å². The molecule has 1 fully saturated rings. The van der Waals surface area contributed by atoms with E-state index in [2.05, 4.69) is 0 Å². The van der Waals surface area contributed by atoms with Crippen LogP contribution in [0.25, 0.3) is 0 Å². The predicted octanol–water partition coefficient (Wildman–Crippen LogP) is 0.875. The molecule has 0 radical (unpaired) electrons. The molecule has 0 aromatic heterocycles. The van der Waals surface area contributed by atoms with Crippen molar-refractivity contribution < 1.29 is 4.79 Å². The van der Waals surface area contributed by atoms with E-state index < -0.39 is 0 Å². The molecule has 0 aliphatic carbocycles. The molecule has 1 rings (SSSR count). The van der Waals surface area contributed by atoms with Crippen molar-refractivity contribution in [3.63, 3.8) is 0 Å². The Kier molecular flexibility index (Phi) is 1.74. The van der Waals surface area contributed by atoms with Gasteiger partial charge in [0, 0.05) is 19.5 Å². The van der Waals surface area contributed by atoms with Gasteiger partial charge in [0.1, 0.15) is 0 Å². The quantitative estimate of drug-likeness (QED) is 0.473. The molecule has 2 nitrogen and oxygen atoms in total. The Hall–Kier alpha value is -0.530. The second-order valence-corrected chi connectivity index (χ2v) is 2.80. The van der Waals surface area contributed by atoms with Gasteiger partial charge in [0.05, 0.1) is 0 Å². The highest BCUT2D eigenvalue weighted by molar-refractivity contribution is 5.78. The van der Waals surface area contributed by atoms with Crippen molar-refractivity contribution in [2.45, 2.75) is 19.8 Å². The third-order valence-electron chi connectivity index (χ3n) is 1.93. The van der Waals surface area contributed by atoms with Crippen molar-refractivity contribution in [1.82, 2.24) is 4.90 Å². The summed E-state index contributed by atoms with van der Waals surface area (Å²) in [6.07, 6.45) is 2.24. The van der Waals surface area contributed by atoms with E-state index in [1.807, 2.05) is 18.9 Å². The average molecular weight is 127 g/mol. The third-order valence-corrected chi connectivity index (χ3v) is 1.93. The van der Waals surface area contributed by atoms with Crippen molar-refractivity contribution in [1.29, 1.82) is 0 Å². The van der Waals surface area contributed by atoms with Gasteiger partial charge in [0.25, 0.3) is 0 Å². The molecule has 0 saturated carbocycles. The minimum absolute atomic E-state index is 0.267. The van der Waals surface area contributed by atoms with E-state index in [4.69, 9.17) is 0 Å². The summed E-state index contributed by atoms with van der Waals surface area (Å²) in [6.45, 7) is 2.95. The van der Waals surface area contributed by atoms with Crippen LogP contribution in [0.2, 0.25) is 0 Å². The van der Waals surface area contributed by atoms with Crippen LogP contribution in [0.3, 0.4) is 0 Å². The van der Waals surface area contributed by atoms with Crippen LogP contribution in [0.15, 0.2) is 0 Å². The summed E-state index contributed by atoms with van der Waals surface area (Å²) in [5, 5.41) is 0. The normalized spacial score (nSPS) is 28.9. The van der Waals surface area contributed by atoms with Gasteiger partial charge >= 0.3 is 0 Å². The summed E-state index contributed by atoms with van der Waals surface area (Å²) < 4.78 is 0. The van der Waals surface area contributed by atoms with Gasteiger partial charge in [-0.05, 0) is 12.8 Å². The Balaban J connectivity index is 2.52. The standard InChI is InChI=1S/C7H13NO/c1-6-4-3-5-8(2)7(6)9/h6H,3-5H2,1-2H3/t6-/m0/s1. The van der Waals surface area contributed by atoms with Gasteiger partial charge in [-0.25, -0.2) is 0 Å². The summed E-state index contributed by atoms with van der Waals surface area (Å²) in [6, 6.07) is 0. The maximum atomic E-state index is 11.1. The van der Waals surface area contributed by atoms with Crippen LogP contribution in [0.4, 0.5) is 0 Å². The van der Waals surface area contributed by atoms with Gasteiger partial charge in [-0.3, -0.25) is 4.79 Å². The van der Waals surface area contributed by atoms with E-state index in [-0.39, 0.29) is 5.92 Å². The number of amides is 1. The van der Waals surface area contributed by atoms with Crippen LogP contribution >= 0.6 is 0 Å². The highest BCUT2D eigenvalue weighted by Crippen LogP contribution is 2.14. The number of piperidine rings is 1. The van der Waals surface area contributed by atoms with Gasteiger partial charge in [0.15, 0.2) is 0 Å². The van der Waals surface area contributed by atoms with E-state index in [1.54, 1.807) is 0 Å². The number of nitrogens with zero attached hydrogens (tertiary/aromatic N) is 1. The summed E-state index contributed by atoms with van der Waals surface area (Å²) in [4.78, 5) is 12.9. The van der Waals surface area contributed by atoms with E-state index in [1.165, 1.54) is 6.42 Å². The second-order valence-electron chi connectivity index (χ2n) is 2.80. The fraction of sp³-hybridized carbons (Fsp3) is 0.857. The topological polar surface area (TPSA) is 20.3 Å². The fourth-order valence-corrected chi connectivity index (χ4v) is 1.24. The molecule has 1 atom stereocenters. The van der Waals surface area contributed by atoms with Gasteiger partial charge in [-0.1, -0.05) is 6.92 Å². The van der Waals surface area contributed by atoms with Crippen molar-refractivity contribution in [2.24, 2.45) is 5.92 Å². The first-order chi connectivity index (χ1) is 4.22. The minimum Gasteiger partial charge on any atom is -0.346 e. The first-order valence-electron chi connectivity index (χ1n) is 3.47. The number of carbonyl (C=O) groups excluding carboxylic acids is 1.